The first kappa shape index (κ1) is 29.8. The van der Waals surface area contributed by atoms with Gasteiger partial charge in [-0.3, -0.25) is 0 Å². The van der Waals surface area contributed by atoms with Crippen LogP contribution in [0.15, 0.2) is 186 Å². The number of fused-ring (bicyclic) bond motifs is 8. The summed E-state index contributed by atoms with van der Waals surface area (Å²) in [5.74, 6) is 0. The van der Waals surface area contributed by atoms with E-state index >= 15 is 0 Å². The molecule has 0 unspecified atom stereocenters. The normalized spacial score (nSPS) is 11.9. The van der Waals surface area contributed by atoms with Crippen LogP contribution in [0.5, 0.6) is 0 Å². The molecule has 0 fully saturated rings. The average Bonchev–Trinajstić information content (AvgIpc) is 3.75. The molecule has 11 aromatic rings. The topological polar surface area (TPSA) is 18.1 Å². The van der Waals surface area contributed by atoms with Crippen molar-refractivity contribution in [2.75, 3.05) is 0 Å². The Balaban J connectivity index is 1.09. The van der Waals surface area contributed by atoms with Crippen LogP contribution in [0.4, 0.5) is 0 Å². The van der Waals surface area contributed by atoms with E-state index in [1.807, 2.05) is 6.07 Å². The SMILES string of the molecule is Cc1ccc2c(c1)c1cc(-c3cccc4c3oc3ccccc34)ccc1n2-c1ccc(-c2c3ccccc3c(-c3ccccc3)c3ccccc23)cc1. The number of furan rings is 1. The highest BCUT2D eigenvalue weighted by atomic mass is 16.3. The van der Waals surface area contributed by atoms with Gasteiger partial charge in [0.05, 0.1) is 11.0 Å². The Kier molecular flexibility index (Phi) is 6.50. The third-order valence-electron chi connectivity index (χ3n) is 11.0. The summed E-state index contributed by atoms with van der Waals surface area (Å²) in [6.07, 6.45) is 0. The van der Waals surface area contributed by atoms with Crippen LogP contribution in [0.1, 0.15) is 5.56 Å². The van der Waals surface area contributed by atoms with Gasteiger partial charge in [-0.1, -0.05) is 145 Å². The van der Waals surface area contributed by atoms with Crippen LogP contribution >= 0.6 is 0 Å². The first-order chi connectivity index (χ1) is 26.2. The number of rotatable bonds is 4. The van der Waals surface area contributed by atoms with Crippen LogP contribution in [-0.2, 0) is 0 Å². The van der Waals surface area contributed by atoms with Crippen molar-refractivity contribution in [3.63, 3.8) is 0 Å². The highest BCUT2D eigenvalue weighted by Gasteiger charge is 2.19. The lowest BCUT2D eigenvalue weighted by molar-refractivity contribution is 0.670. The summed E-state index contributed by atoms with van der Waals surface area (Å²) in [6.45, 7) is 2.17. The minimum absolute atomic E-state index is 0.917. The summed E-state index contributed by atoms with van der Waals surface area (Å²) in [6, 6.07) is 66.1. The van der Waals surface area contributed by atoms with Crippen molar-refractivity contribution in [2.24, 2.45) is 0 Å². The molecule has 0 aliphatic heterocycles. The molecule has 2 heterocycles. The molecular formula is C51H33NO. The second kappa shape index (κ2) is 11.6. The molecule has 0 aliphatic carbocycles. The Morgan fingerprint density at radius 2 is 0.906 bits per heavy atom. The van der Waals surface area contributed by atoms with Crippen LogP contribution in [0.25, 0.3) is 104 Å². The van der Waals surface area contributed by atoms with Gasteiger partial charge >= 0.3 is 0 Å². The Bertz CT molecular complexity index is 3160. The lowest BCUT2D eigenvalue weighted by Gasteiger charge is -2.18. The van der Waals surface area contributed by atoms with E-state index in [1.165, 1.54) is 71.2 Å². The van der Waals surface area contributed by atoms with Crippen molar-refractivity contribution in [2.45, 2.75) is 6.92 Å². The molecule has 248 valence electrons. The summed E-state index contributed by atoms with van der Waals surface area (Å²) >= 11 is 0. The van der Waals surface area contributed by atoms with E-state index in [4.69, 9.17) is 4.42 Å². The molecule has 2 nitrogen and oxygen atoms in total. The minimum Gasteiger partial charge on any atom is -0.455 e. The second-order valence-corrected chi connectivity index (χ2v) is 14.1. The Hall–Kier alpha value is -6.90. The van der Waals surface area contributed by atoms with Gasteiger partial charge < -0.3 is 8.98 Å². The number of nitrogens with zero attached hydrogens (tertiary/aromatic N) is 1. The summed E-state index contributed by atoms with van der Waals surface area (Å²) in [5.41, 5.74) is 13.9. The summed E-state index contributed by atoms with van der Waals surface area (Å²) in [5, 5.41) is 9.82. The molecule has 0 radical (unpaired) electrons. The third kappa shape index (κ3) is 4.52. The first-order valence-electron chi connectivity index (χ1n) is 18.3. The summed E-state index contributed by atoms with van der Waals surface area (Å²) in [4.78, 5) is 0. The molecule has 0 atom stereocenters. The van der Waals surface area contributed by atoms with Crippen molar-refractivity contribution in [3.8, 4) is 39.1 Å². The van der Waals surface area contributed by atoms with Crippen molar-refractivity contribution >= 4 is 65.3 Å². The number of hydrogen-bond acceptors (Lipinski definition) is 1. The molecule has 0 amide bonds. The van der Waals surface area contributed by atoms with E-state index in [0.717, 1.165) is 38.8 Å². The minimum atomic E-state index is 0.917. The average molecular weight is 676 g/mol. The van der Waals surface area contributed by atoms with E-state index in [2.05, 4.69) is 187 Å². The lowest BCUT2D eigenvalue weighted by atomic mass is 9.86. The zero-order valence-corrected chi connectivity index (χ0v) is 29.2. The maximum absolute atomic E-state index is 6.46. The van der Waals surface area contributed by atoms with E-state index < -0.39 is 0 Å². The number of aromatic nitrogens is 1. The first-order valence-corrected chi connectivity index (χ1v) is 18.3. The van der Waals surface area contributed by atoms with Crippen LogP contribution in [0.3, 0.4) is 0 Å². The predicted molar refractivity (Wildman–Crippen MR) is 224 cm³/mol. The van der Waals surface area contributed by atoms with E-state index in [-0.39, 0.29) is 0 Å². The molecule has 0 saturated carbocycles. The molecule has 53 heavy (non-hydrogen) atoms. The number of benzene rings is 9. The Morgan fingerprint density at radius 1 is 0.377 bits per heavy atom. The smallest absolute Gasteiger partial charge is 0.143 e. The molecule has 0 bridgehead atoms. The van der Waals surface area contributed by atoms with Crippen molar-refractivity contribution in [1.29, 1.82) is 0 Å². The molecular weight excluding hydrogens is 643 g/mol. The van der Waals surface area contributed by atoms with Crippen LogP contribution in [0, 0.1) is 6.92 Å². The highest BCUT2D eigenvalue weighted by Crippen LogP contribution is 2.44. The maximum Gasteiger partial charge on any atom is 0.143 e. The predicted octanol–water partition coefficient (Wildman–Crippen LogP) is 14.3. The zero-order chi connectivity index (χ0) is 35.0. The number of para-hydroxylation sites is 2. The Labute approximate surface area is 306 Å². The van der Waals surface area contributed by atoms with Crippen LogP contribution in [0.2, 0.25) is 0 Å². The van der Waals surface area contributed by atoms with Gasteiger partial charge in [0, 0.05) is 32.8 Å². The molecule has 0 spiro atoms. The molecule has 0 saturated heterocycles. The fourth-order valence-electron chi connectivity index (χ4n) is 8.69. The fraction of sp³-hybridized carbons (Fsp3) is 0.0196. The molecule has 2 heteroatoms. The van der Waals surface area contributed by atoms with Crippen LogP contribution < -0.4 is 0 Å². The fourth-order valence-corrected chi connectivity index (χ4v) is 8.69. The summed E-state index contributed by atoms with van der Waals surface area (Å²) < 4.78 is 8.87. The van der Waals surface area contributed by atoms with Crippen molar-refractivity contribution < 1.29 is 4.42 Å². The van der Waals surface area contributed by atoms with E-state index in [1.54, 1.807) is 0 Å². The molecule has 0 N–H and O–H groups in total. The van der Waals surface area contributed by atoms with E-state index in [9.17, 15) is 0 Å². The van der Waals surface area contributed by atoms with Gasteiger partial charge in [-0.2, -0.15) is 0 Å². The highest BCUT2D eigenvalue weighted by molar-refractivity contribution is 6.21. The van der Waals surface area contributed by atoms with Crippen molar-refractivity contribution in [1.82, 2.24) is 4.57 Å². The van der Waals surface area contributed by atoms with Crippen molar-refractivity contribution in [3.05, 3.63) is 188 Å². The largest absolute Gasteiger partial charge is 0.455 e. The van der Waals surface area contributed by atoms with Gasteiger partial charge in [0.25, 0.3) is 0 Å². The number of hydrogen-bond donors (Lipinski definition) is 0. The molecule has 2 aromatic heterocycles. The zero-order valence-electron chi connectivity index (χ0n) is 29.2. The van der Waals surface area contributed by atoms with Gasteiger partial charge in [0.1, 0.15) is 11.2 Å². The molecule has 9 aromatic carbocycles. The molecule has 11 rings (SSSR count). The monoisotopic (exact) mass is 675 g/mol. The van der Waals surface area contributed by atoms with Gasteiger partial charge in [-0.15, -0.1) is 0 Å². The quantitative estimate of drug-likeness (QED) is 0.170. The number of aryl methyl sites for hydroxylation is 1. The standard InChI is InChI=1S/C51H33NO/c1-32-22-28-46-44(30-32)45-31-35(37-19-11-20-43-38-14-9-10-21-48(38)53-51(37)43)25-29-47(45)52(46)36-26-23-34(24-27-36)50-41-17-7-5-15-39(41)49(33-12-3-2-4-13-33)40-16-6-8-18-42(40)50/h2-31H,1H3. The second-order valence-electron chi connectivity index (χ2n) is 14.1. The lowest BCUT2D eigenvalue weighted by Crippen LogP contribution is -1.95. The summed E-state index contributed by atoms with van der Waals surface area (Å²) in [7, 11) is 0. The van der Waals surface area contributed by atoms with Gasteiger partial charge in [0.15, 0.2) is 0 Å². The Morgan fingerprint density at radius 3 is 1.58 bits per heavy atom. The molecule has 0 aliphatic rings. The van der Waals surface area contributed by atoms with Gasteiger partial charge in [0.2, 0.25) is 0 Å². The van der Waals surface area contributed by atoms with E-state index in [0.29, 0.717) is 0 Å². The van der Waals surface area contributed by atoms with Crippen LogP contribution in [-0.4, -0.2) is 4.57 Å². The van der Waals surface area contributed by atoms with Gasteiger partial charge in [-0.25, -0.2) is 0 Å². The maximum atomic E-state index is 6.46. The van der Waals surface area contributed by atoms with Gasteiger partial charge in [-0.05, 0) is 98.8 Å². The third-order valence-corrected chi connectivity index (χ3v) is 11.0.